The topological polar surface area (TPSA) is 53.3 Å². The molecule has 1 aliphatic rings. The molecule has 27 heavy (non-hydrogen) atoms. The fraction of sp³-hybridized carbons (Fsp3) is 0.200. The number of aromatic hydroxyl groups is 1. The second kappa shape index (κ2) is 7.21. The zero-order valence-electron chi connectivity index (χ0n) is 14.7. The lowest BCUT2D eigenvalue weighted by Crippen LogP contribution is -2.30. The molecule has 138 valence electrons. The van der Waals surface area contributed by atoms with Crippen molar-refractivity contribution in [3.05, 3.63) is 77.3 Å². The van der Waals surface area contributed by atoms with Gasteiger partial charge in [-0.2, -0.15) is 0 Å². The molecule has 2 unspecified atom stereocenters. The summed E-state index contributed by atoms with van der Waals surface area (Å²) in [7, 11) is 0. The van der Waals surface area contributed by atoms with Crippen molar-refractivity contribution in [1.82, 2.24) is 14.9 Å². The highest BCUT2D eigenvalue weighted by Gasteiger charge is 2.42. The van der Waals surface area contributed by atoms with Crippen LogP contribution in [0.2, 0.25) is 5.02 Å². The molecular weight excluding hydrogens is 380 g/mol. The summed E-state index contributed by atoms with van der Waals surface area (Å²) < 4.78 is 2.17. The van der Waals surface area contributed by atoms with Crippen LogP contribution in [0.5, 0.6) is 5.75 Å². The minimum Gasteiger partial charge on any atom is -0.506 e. The van der Waals surface area contributed by atoms with Gasteiger partial charge in [0.25, 0.3) is 0 Å². The van der Waals surface area contributed by atoms with Gasteiger partial charge in [0, 0.05) is 29.7 Å². The molecule has 2 aromatic heterocycles. The Labute approximate surface area is 168 Å². The van der Waals surface area contributed by atoms with Gasteiger partial charge in [0.15, 0.2) is 5.11 Å². The summed E-state index contributed by atoms with van der Waals surface area (Å²) in [6, 6.07) is 14.6. The number of phenolic OH excluding ortho intramolecular Hbond substituents is 1. The number of rotatable bonds is 4. The summed E-state index contributed by atoms with van der Waals surface area (Å²) in [4.78, 5) is 6.46. The number of benzene rings is 1. The lowest BCUT2D eigenvalue weighted by molar-refractivity contribution is 0.470. The first-order valence-corrected chi connectivity index (χ1v) is 9.53. The Morgan fingerprint density at radius 2 is 2.07 bits per heavy atom. The molecule has 0 aliphatic carbocycles. The number of halogens is 1. The number of hydrogen-bond acceptors (Lipinski definition) is 3. The summed E-state index contributed by atoms with van der Waals surface area (Å²) in [5.41, 5.74) is 2.55. The molecule has 1 aromatic carbocycles. The third-order valence-corrected chi connectivity index (χ3v) is 5.35. The smallest absolute Gasteiger partial charge is 0.174 e. The molecule has 1 fully saturated rings. The SMILES string of the molecule is CCn1cccc1C1C(c2ccccn2)NC(=S)N1c1cc(Cl)ccc1O. The van der Waals surface area contributed by atoms with Crippen LogP contribution in [-0.4, -0.2) is 19.8 Å². The number of nitrogens with zero attached hydrogens (tertiary/aromatic N) is 3. The Morgan fingerprint density at radius 3 is 2.81 bits per heavy atom. The maximum Gasteiger partial charge on any atom is 0.174 e. The standard InChI is InChI=1S/C20H19ClN4OS/c1-2-24-11-5-7-15(24)19-18(14-6-3-4-10-22-14)23-20(27)25(19)16-12-13(21)8-9-17(16)26/h3-12,18-19,26H,2H2,1H3,(H,23,27). The van der Waals surface area contributed by atoms with Gasteiger partial charge in [-0.15, -0.1) is 0 Å². The van der Waals surface area contributed by atoms with Gasteiger partial charge in [0.1, 0.15) is 11.8 Å². The molecule has 1 aliphatic heterocycles. The van der Waals surface area contributed by atoms with E-state index in [0.29, 0.717) is 15.8 Å². The van der Waals surface area contributed by atoms with Crippen molar-refractivity contribution >= 4 is 34.6 Å². The predicted molar refractivity (Wildman–Crippen MR) is 111 cm³/mol. The second-order valence-electron chi connectivity index (χ2n) is 6.35. The first kappa shape index (κ1) is 17.8. The summed E-state index contributed by atoms with van der Waals surface area (Å²) >= 11 is 11.9. The maximum atomic E-state index is 10.5. The summed E-state index contributed by atoms with van der Waals surface area (Å²) in [6.45, 7) is 2.93. The van der Waals surface area contributed by atoms with Crippen LogP contribution in [0.15, 0.2) is 60.9 Å². The van der Waals surface area contributed by atoms with Crippen molar-refractivity contribution in [1.29, 1.82) is 0 Å². The minimum atomic E-state index is -0.174. The van der Waals surface area contributed by atoms with Crippen LogP contribution in [-0.2, 0) is 6.54 Å². The van der Waals surface area contributed by atoms with E-state index >= 15 is 0 Å². The molecule has 4 rings (SSSR count). The largest absolute Gasteiger partial charge is 0.506 e. The van der Waals surface area contributed by atoms with Gasteiger partial charge < -0.3 is 19.9 Å². The van der Waals surface area contributed by atoms with Gasteiger partial charge in [-0.1, -0.05) is 17.7 Å². The van der Waals surface area contributed by atoms with Crippen LogP contribution >= 0.6 is 23.8 Å². The number of anilines is 1. The number of thiocarbonyl (C=S) groups is 1. The normalized spacial score (nSPS) is 19.3. The van der Waals surface area contributed by atoms with Gasteiger partial charge in [0.2, 0.25) is 0 Å². The van der Waals surface area contributed by atoms with Gasteiger partial charge in [0.05, 0.1) is 17.4 Å². The average Bonchev–Trinajstić information content (AvgIpc) is 3.28. The Bertz CT molecular complexity index is 975. The molecule has 2 atom stereocenters. The monoisotopic (exact) mass is 398 g/mol. The number of hydrogen-bond donors (Lipinski definition) is 2. The lowest BCUT2D eigenvalue weighted by Gasteiger charge is -2.29. The molecule has 0 amide bonds. The van der Waals surface area contributed by atoms with Crippen LogP contribution in [0.4, 0.5) is 5.69 Å². The van der Waals surface area contributed by atoms with E-state index < -0.39 is 0 Å². The maximum absolute atomic E-state index is 10.5. The van der Waals surface area contributed by atoms with E-state index in [-0.39, 0.29) is 17.8 Å². The molecule has 7 heteroatoms. The summed E-state index contributed by atoms with van der Waals surface area (Å²) in [6.07, 6.45) is 3.82. The van der Waals surface area contributed by atoms with Gasteiger partial charge >= 0.3 is 0 Å². The van der Waals surface area contributed by atoms with Crippen LogP contribution in [0.25, 0.3) is 0 Å². The predicted octanol–water partition coefficient (Wildman–Crippen LogP) is 4.44. The molecule has 3 heterocycles. The fourth-order valence-corrected chi connectivity index (χ4v) is 4.09. The molecule has 5 nitrogen and oxygen atoms in total. The first-order chi connectivity index (χ1) is 13.1. The minimum absolute atomic E-state index is 0.129. The van der Waals surface area contributed by atoms with E-state index in [4.69, 9.17) is 23.8 Å². The Kier molecular flexibility index (Phi) is 4.76. The number of pyridine rings is 1. The van der Waals surface area contributed by atoms with Crippen molar-refractivity contribution in [2.24, 2.45) is 0 Å². The Balaban J connectivity index is 1.89. The highest BCUT2D eigenvalue weighted by molar-refractivity contribution is 7.80. The summed E-state index contributed by atoms with van der Waals surface area (Å²) in [5, 5.41) is 14.9. The lowest BCUT2D eigenvalue weighted by atomic mass is 10.0. The fourth-order valence-electron chi connectivity index (χ4n) is 3.59. The molecule has 3 aromatic rings. The molecule has 0 spiro atoms. The number of phenols is 1. The molecule has 0 bridgehead atoms. The first-order valence-electron chi connectivity index (χ1n) is 8.74. The van der Waals surface area contributed by atoms with E-state index in [1.165, 1.54) is 0 Å². The van der Waals surface area contributed by atoms with Crippen LogP contribution in [0.3, 0.4) is 0 Å². The van der Waals surface area contributed by atoms with E-state index in [9.17, 15) is 5.11 Å². The quantitative estimate of drug-likeness (QED) is 0.636. The number of aromatic nitrogens is 2. The van der Waals surface area contributed by atoms with Gasteiger partial charge in [-0.3, -0.25) is 4.98 Å². The third-order valence-electron chi connectivity index (χ3n) is 4.80. The number of nitrogens with one attached hydrogen (secondary N) is 1. The average molecular weight is 399 g/mol. The molecule has 2 N–H and O–H groups in total. The van der Waals surface area contributed by atoms with Crippen LogP contribution < -0.4 is 10.2 Å². The van der Waals surface area contributed by atoms with E-state index in [0.717, 1.165) is 17.9 Å². The van der Waals surface area contributed by atoms with E-state index in [1.54, 1.807) is 24.4 Å². The van der Waals surface area contributed by atoms with Crippen molar-refractivity contribution in [3.8, 4) is 5.75 Å². The summed E-state index contributed by atoms with van der Waals surface area (Å²) in [5.74, 6) is 0.129. The van der Waals surface area contributed by atoms with E-state index in [1.807, 2.05) is 35.4 Å². The van der Waals surface area contributed by atoms with Crippen molar-refractivity contribution < 1.29 is 5.11 Å². The molecule has 0 radical (unpaired) electrons. The zero-order valence-corrected chi connectivity index (χ0v) is 16.3. The zero-order chi connectivity index (χ0) is 19.0. The van der Waals surface area contributed by atoms with Crippen molar-refractivity contribution in [2.75, 3.05) is 4.90 Å². The Hall–Kier alpha value is -2.57. The van der Waals surface area contributed by atoms with Crippen molar-refractivity contribution in [3.63, 3.8) is 0 Å². The van der Waals surface area contributed by atoms with Crippen molar-refractivity contribution in [2.45, 2.75) is 25.6 Å². The second-order valence-corrected chi connectivity index (χ2v) is 7.17. The third kappa shape index (κ3) is 3.15. The van der Waals surface area contributed by atoms with Gasteiger partial charge in [-0.05, 0) is 61.6 Å². The molecule has 1 saturated heterocycles. The van der Waals surface area contributed by atoms with E-state index in [2.05, 4.69) is 27.9 Å². The van der Waals surface area contributed by atoms with Gasteiger partial charge in [-0.25, -0.2) is 0 Å². The number of aryl methyl sites for hydroxylation is 1. The highest BCUT2D eigenvalue weighted by Crippen LogP contribution is 2.44. The Morgan fingerprint density at radius 1 is 1.22 bits per heavy atom. The highest BCUT2D eigenvalue weighted by atomic mass is 35.5. The van der Waals surface area contributed by atoms with Crippen LogP contribution in [0, 0.1) is 0 Å². The van der Waals surface area contributed by atoms with Crippen LogP contribution in [0.1, 0.15) is 30.4 Å². The molecule has 0 saturated carbocycles. The molecular formula is C20H19ClN4OS.